The number of rotatable bonds is 3. The monoisotopic (exact) mass is 423 g/mol. The number of anilines is 3. The molecule has 0 radical (unpaired) electrons. The first kappa shape index (κ1) is 17.7. The molecule has 27 heavy (non-hydrogen) atoms. The summed E-state index contributed by atoms with van der Waals surface area (Å²) in [5.74, 6) is 0.694. The molecule has 6 nitrogen and oxygen atoms in total. The van der Waals surface area contributed by atoms with Crippen molar-refractivity contribution in [3.05, 3.63) is 52.8 Å². The molecule has 0 atom stereocenters. The minimum absolute atomic E-state index is 0.238. The first-order valence-corrected chi connectivity index (χ1v) is 9.58. The Kier molecular flexibility index (Phi) is 4.92. The molecular weight excluding hydrogens is 406 g/mol. The van der Waals surface area contributed by atoms with Gasteiger partial charge in [-0.3, -0.25) is 0 Å². The summed E-state index contributed by atoms with van der Waals surface area (Å²) in [6, 6.07) is 13.9. The van der Waals surface area contributed by atoms with Crippen LogP contribution in [0.5, 0.6) is 0 Å². The highest BCUT2D eigenvalue weighted by atomic mass is 79.9. The summed E-state index contributed by atoms with van der Waals surface area (Å²) in [6.07, 6.45) is 2.74. The van der Waals surface area contributed by atoms with Crippen LogP contribution >= 0.6 is 15.9 Å². The lowest BCUT2D eigenvalue weighted by Gasteiger charge is -2.32. The molecule has 1 fully saturated rings. The lowest BCUT2D eigenvalue weighted by molar-refractivity contribution is 0.145. The number of nitrogens with zero attached hydrogens (tertiary/aromatic N) is 4. The Morgan fingerprint density at radius 1 is 1.15 bits per heavy atom. The summed E-state index contributed by atoms with van der Waals surface area (Å²) in [7, 11) is 0. The van der Waals surface area contributed by atoms with Crippen molar-refractivity contribution in [2.45, 2.75) is 18.9 Å². The fourth-order valence-electron chi connectivity index (χ4n) is 3.35. The number of nitriles is 1. The van der Waals surface area contributed by atoms with Crippen LogP contribution in [-0.4, -0.2) is 34.3 Å². The third-order valence-electron chi connectivity index (χ3n) is 4.78. The van der Waals surface area contributed by atoms with Gasteiger partial charge in [0, 0.05) is 28.6 Å². The van der Waals surface area contributed by atoms with Crippen LogP contribution < -0.4 is 10.2 Å². The quantitative estimate of drug-likeness (QED) is 0.662. The Morgan fingerprint density at radius 3 is 2.74 bits per heavy atom. The summed E-state index contributed by atoms with van der Waals surface area (Å²) in [6.45, 7) is 1.51. The number of benzene rings is 2. The van der Waals surface area contributed by atoms with Crippen LogP contribution in [0.4, 0.5) is 17.2 Å². The second-order valence-corrected chi connectivity index (χ2v) is 7.49. The van der Waals surface area contributed by atoms with E-state index in [1.165, 1.54) is 6.33 Å². The molecule has 0 unspecified atom stereocenters. The lowest BCUT2D eigenvalue weighted by Crippen LogP contribution is -2.36. The van der Waals surface area contributed by atoms with E-state index in [4.69, 9.17) is 0 Å². The number of piperidine rings is 1. The normalized spacial score (nSPS) is 14.9. The Labute approximate surface area is 165 Å². The van der Waals surface area contributed by atoms with Gasteiger partial charge in [0.25, 0.3) is 0 Å². The van der Waals surface area contributed by atoms with Crippen LogP contribution in [-0.2, 0) is 0 Å². The number of aliphatic hydroxyl groups excluding tert-OH is 1. The number of halogens is 1. The molecule has 136 valence electrons. The highest BCUT2D eigenvalue weighted by Crippen LogP contribution is 2.30. The number of hydrogen-bond acceptors (Lipinski definition) is 6. The molecule has 1 saturated heterocycles. The van der Waals surface area contributed by atoms with Crippen LogP contribution in [0.15, 0.2) is 47.2 Å². The average Bonchev–Trinajstić information content (AvgIpc) is 2.69. The molecule has 0 aliphatic carbocycles. The molecule has 0 amide bonds. The molecule has 2 heterocycles. The van der Waals surface area contributed by atoms with E-state index < -0.39 is 0 Å². The van der Waals surface area contributed by atoms with Gasteiger partial charge >= 0.3 is 0 Å². The molecule has 0 spiro atoms. The third-order valence-corrected chi connectivity index (χ3v) is 5.28. The van der Waals surface area contributed by atoms with Gasteiger partial charge in [-0.15, -0.1) is 0 Å². The highest BCUT2D eigenvalue weighted by Gasteiger charge is 2.19. The van der Waals surface area contributed by atoms with E-state index in [-0.39, 0.29) is 6.10 Å². The first-order valence-electron chi connectivity index (χ1n) is 8.78. The Balaban J connectivity index is 1.64. The standard InChI is InChI=1S/C20H18BrN5O/c21-14-1-3-18-17(10-14)20(24-12-23-18)25-15-2-4-19(13(9-15)11-22)26-7-5-16(27)6-8-26/h1-4,9-10,12,16,27H,5-8H2,(H,23,24,25). The summed E-state index contributed by atoms with van der Waals surface area (Å²) in [5.41, 5.74) is 3.16. The zero-order valence-corrected chi connectivity index (χ0v) is 16.1. The van der Waals surface area contributed by atoms with Crippen molar-refractivity contribution in [3.8, 4) is 6.07 Å². The van der Waals surface area contributed by atoms with Gasteiger partial charge in [-0.05, 0) is 49.2 Å². The van der Waals surface area contributed by atoms with Gasteiger partial charge in [-0.2, -0.15) is 5.26 Å². The summed E-state index contributed by atoms with van der Waals surface area (Å²) >= 11 is 3.48. The molecule has 0 saturated carbocycles. The van der Waals surface area contributed by atoms with Crippen molar-refractivity contribution in [3.63, 3.8) is 0 Å². The summed E-state index contributed by atoms with van der Waals surface area (Å²) in [5, 5.41) is 23.5. The number of aromatic nitrogens is 2. The van der Waals surface area contributed by atoms with Gasteiger partial charge in [0.1, 0.15) is 18.2 Å². The lowest BCUT2D eigenvalue weighted by atomic mass is 10.0. The zero-order chi connectivity index (χ0) is 18.8. The van der Waals surface area contributed by atoms with Gasteiger partial charge in [-0.1, -0.05) is 15.9 Å². The Hall–Kier alpha value is -2.69. The number of hydrogen-bond donors (Lipinski definition) is 2. The van der Waals surface area contributed by atoms with E-state index in [1.807, 2.05) is 36.4 Å². The van der Waals surface area contributed by atoms with E-state index in [2.05, 4.69) is 42.2 Å². The molecule has 2 N–H and O–H groups in total. The van der Waals surface area contributed by atoms with Crippen molar-refractivity contribution >= 4 is 44.0 Å². The maximum Gasteiger partial charge on any atom is 0.141 e. The minimum Gasteiger partial charge on any atom is -0.393 e. The predicted octanol–water partition coefficient (Wildman–Crippen LogP) is 3.97. The molecule has 1 aliphatic heterocycles. The number of aliphatic hydroxyl groups is 1. The van der Waals surface area contributed by atoms with E-state index in [0.717, 1.165) is 52.7 Å². The van der Waals surface area contributed by atoms with Gasteiger partial charge in [-0.25, -0.2) is 9.97 Å². The fraction of sp³-hybridized carbons (Fsp3) is 0.250. The molecule has 0 bridgehead atoms. The first-order chi connectivity index (χ1) is 13.1. The highest BCUT2D eigenvalue weighted by molar-refractivity contribution is 9.10. The molecule has 4 rings (SSSR count). The molecule has 1 aliphatic rings. The molecule has 2 aromatic carbocycles. The number of fused-ring (bicyclic) bond motifs is 1. The molecule has 7 heteroatoms. The van der Waals surface area contributed by atoms with E-state index in [1.54, 1.807) is 0 Å². The van der Waals surface area contributed by atoms with Crippen molar-refractivity contribution in [2.24, 2.45) is 0 Å². The van der Waals surface area contributed by atoms with Gasteiger partial charge in [0.05, 0.1) is 22.9 Å². The van der Waals surface area contributed by atoms with Gasteiger partial charge < -0.3 is 15.3 Å². The van der Waals surface area contributed by atoms with E-state index in [0.29, 0.717) is 11.4 Å². The van der Waals surface area contributed by atoms with E-state index in [9.17, 15) is 10.4 Å². The molecular formula is C20H18BrN5O. The Morgan fingerprint density at radius 2 is 1.96 bits per heavy atom. The maximum atomic E-state index is 9.70. The smallest absolute Gasteiger partial charge is 0.141 e. The second kappa shape index (κ2) is 7.51. The topological polar surface area (TPSA) is 85.1 Å². The summed E-state index contributed by atoms with van der Waals surface area (Å²) in [4.78, 5) is 10.8. The Bertz CT molecular complexity index is 1020. The maximum absolute atomic E-state index is 9.70. The van der Waals surface area contributed by atoms with Crippen molar-refractivity contribution < 1.29 is 5.11 Å². The second-order valence-electron chi connectivity index (χ2n) is 6.57. The van der Waals surface area contributed by atoms with E-state index >= 15 is 0 Å². The summed E-state index contributed by atoms with van der Waals surface area (Å²) < 4.78 is 0.952. The van der Waals surface area contributed by atoms with Crippen LogP contribution in [0.3, 0.4) is 0 Å². The van der Waals surface area contributed by atoms with Gasteiger partial charge in [0.15, 0.2) is 0 Å². The predicted molar refractivity (Wildman–Crippen MR) is 109 cm³/mol. The van der Waals surface area contributed by atoms with Crippen LogP contribution in [0.25, 0.3) is 10.9 Å². The number of nitrogens with one attached hydrogen (secondary N) is 1. The van der Waals surface area contributed by atoms with Crippen molar-refractivity contribution in [1.82, 2.24) is 9.97 Å². The third kappa shape index (κ3) is 3.72. The van der Waals surface area contributed by atoms with Crippen LogP contribution in [0.2, 0.25) is 0 Å². The SMILES string of the molecule is N#Cc1cc(Nc2ncnc3ccc(Br)cc23)ccc1N1CCC(O)CC1. The fourth-order valence-corrected chi connectivity index (χ4v) is 3.71. The van der Waals surface area contributed by atoms with Crippen molar-refractivity contribution in [2.75, 3.05) is 23.3 Å². The van der Waals surface area contributed by atoms with Gasteiger partial charge in [0.2, 0.25) is 0 Å². The molecule has 1 aromatic heterocycles. The van der Waals surface area contributed by atoms with Crippen LogP contribution in [0.1, 0.15) is 18.4 Å². The largest absolute Gasteiger partial charge is 0.393 e. The van der Waals surface area contributed by atoms with Crippen LogP contribution in [0, 0.1) is 11.3 Å². The average molecular weight is 424 g/mol. The minimum atomic E-state index is -0.238. The zero-order valence-electron chi connectivity index (χ0n) is 14.6. The molecule has 3 aromatic rings. The van der Waals surface area contributed by atoms with Crippen molar-refractivity contribution in [1.29, 1.82) is 5.26 Å².